The molecule has 1 unspecified atom stereocenters. The van der Waals surface area contributed by atoms with Crippen molar-refractivity contribution in [1.29, 1.82) is 0 Å². The summed E-state index contributed by atoms with van der Waals surface area (Å²) in [7, 11) is 1.70. The SMILES string of the molecule is C=C(N[C@H](C)c1cc(Br)cc(OC)c1)c1cc(N2CCN3CCCC3C2)ccc1C. The van der Waals surface area contributed by atoms with E-state index < -0.39 is 0 Å². The van der Waals surface area contributed by atoms with Gasteiger partial charge in [0.25, 0.3) is 0 Å². The maximum Gasteiger partial charge on any atom is 0.120 e. The Labute approximate surface area is 189 Å². The molecule has 0 radical (unpaired) electrons. The molecule has 4 rings (SSSR count). The number of nitrogens with zero attached hydrogens (tertiary/aromatic N) is 2. The summed E-state index contributed by atoms with van der Waals surface area (Å²) in [5, 5.41) is 3.60. The second-order valence-corrected chi connectivity index (χ2v) is 9.46. The van der Waals surface area contributed by atoms with Crippen molar-refractivity contribution in [3.05, 3.63) is 64.1 Å². The number of fused-ring (bicyclic) bond motifs is 1. The fraction of sp³-hybridized carbons (Fsp3) is 0.440. The monoisotopic (exact) mass is 469 g/mol. The second kappa shape index (κ2) is 9.03. The smallest absolute Gasteiger partial charge is 0.120 e. The van der Waals surface area contributed by atoms with Crippen LogP contribution in [-0.4, -0.2) is 44.2 Å². The highest BCUT2D eigenvalue weighted by Crippen LogP contribution is 2.30. The minimum absolute atomic E-state index is 0.119. The molecule has 2 aromatic rings. The summed E-state index contributed by atoms with van der Waals surface area (Å²) in [5.74, 6) is 0.850. The van der Waals surface area contributed by atoms with Gasteiger partial charge in [-0.2, -0.15) is 0 Å². The first-order valence-electron chi connectivity index (χ1n) is 10.8. The van der Waals surface area contributed by atoms with Crippen molar-refractivity contribution in [3.8, 4) is 5.75 Å². The predicted molar refractivity (Wildman–Crippen MR) is 129 cm³/mol. The van der Waals surface area contributed by atoms with Crippen molar-refractivity contribution in [2.24, 2.45) is 0 Å². The highest BCUT2D eigenvalue weighted by atomic mass is 79.9. The third-order valence-electron chi connectivity index (χ3n) is 6.52. The van der Waals surface area contributed by atoms with Crippen LogP contribution in [0.4, 0.5) is 5.69 Å². The molecular formula is C25H32BrN3O. The molecule has 2 aliphatic heterocycles. The Morgan fingerprint density at radius 3 is 2.83 bits per heavy atom. The quantitative estimate of drug-likeness (QED) is 0.614. The molecule has 0 aromatic heterocycles. The van der Waals surface area contributed by atoms with E-state index in [-0.39, 0.29) is 6.04 Å². The molecule has 0 aliphatic carbocycles. The van der Waals surface area contributed by atoms with E-state index in [4.69, 9.17) is 4.74 Å². The minimum atomic E-state index is 0.119. The first kappa shape index (κ1) is 21.3. The van der Waals surface area contributed by atoms with Crippen LogP contribution in [0.3, 0.4) is 0 Å². The number of hydrogen-bond donors (Lipinski definition) is 1. The molecule has 2 saturated heterocycles. The average molecular weight is 470 g/mol. The number of nitrogens with one attached hydrogen (secondary N) is 1. The zero-order valence-electron chi connectivity index (χ0n) is 18.2. The van der Waals surface area contributed by atoms with Gasteiger partial charge in [-0.05, 0) is 74.7 Å². The first-order valence-corrected chi connectivity index (χ1v) is 11.6. The van der Waals surface area contributed by atoms with Gasteiger partial charge in [0, 0.05) is 53.1 Å². The number of piperazine rings is 1. The standard InChI is InChI=1S/C25H32BrN3O/c1-17-7-8-22(29-11-10-28-9-5-6-23(28)16-29)15-25(17)19(3)27-18(2)20-12-21(26)14-24(13-20)30-4/h7-8,12-15,18,23,27H,3,5-6,9-11,16H2,1-2,4H3/t18-,23?/m1/s1. The Morgan fingerprint density at radius 2 is 2.03 bits per heavy atom. The number of halogens is 1. The van der Waals surface area contributed by atoms with E-state index in [1.54, 1.807) is 7.11 Å². The molecule has 160 valence electrons. The molecular weight excluding hydrogens is 438 g/mol. The summed E-state index contributed by atoms with van der Waals surface area (Å²) in [5.41, 5.74) is 5.86. The van der Waals surface area contributed by atoms with Gasteiger partial charge in [0.2, 0.25) is 0 Å². The van der Waals surface area contributed by atoms with Gasteiger partial charge >= 0.3 is 0 Å². The summed E-state index contributed by atoms with van der Waals surface area (Å²) in [6.07, 6.45) is 2.67. The summed E-state index contributed by atoms with van der Waals surface area (Å²) < 4.78 is 6.43. The number of methoxy groups -OCH3 is 1. The zero-order valence-corrected chi connectivity index (χ0v) is 19.8. The molecule has 5 heteroatoms. The van der Waals surface area contributed by atoms with Gasteiger partial charge in [0.05, 0.1) is 7.11 Å². The van der Waals surface area contributed by atoms with Crippen LogP contribution in [0.2, 0.25) is 0 Å². The molecule has 2 atom stereocenters. The normalized spacial score (nSPS) is 20.0. The number of rotatable bonds is 6. The number of aryl methyl sites for hydroxylation is 1. The topological polar surface area (TPSA) is 27.7 Å². The van der Waals surface area contributed by atoms with Crippen LogP contribution >= 0.6 is 15.9 Å². The molecule has 2 fully saturated rings. The summed E-state index contributed by atoms with van der Waals surface area (Å²) in [4.78, 5) is 5.20. The Balaban J connectivity index is 1.50. The molecule has 2 heterocycles. The molecule has 0 saturated carbocycles. The third kappa shape index (κ3) is 4.52. The Hall–Kier alpha value is -1.98. The fourth-order valence-corrected chi connectivity index (χ4v) is 5.22. The van der Waals surface area contributed by atoms with Crippen molar-refractivity contribution >= 4 is 27.3 Å². The molecule has 0 amide bonds. The van der Waals surface area contributed by atoms with Crippen LogP contribution in [0.1, 0.15) is 42.5 Å². The number of anilines is 1. The maximum absolute atomic E-state index is 5.42. The highest BCUT2D eigenvalue weighted by molar-refractivity contribution is 9.10. The van der Waals surface area contributed by atoms with Gasteiger partial charge in [0.1, 0.15) is 5.75 Å². The van der Waals surface area contributed by atoms with Crippen LogP contribution in [0.25, 0.3) is 5.70 Å². The molecule has 4 nitrogen and oxygen atoms in total. The Kier molecular flexibility index (Phi) is 6.40. The lowest BCUT2D eigenvalue weighted by molar-refractivity contribution is 0.231. The maximum atomic E-state index is 5.42. The average Bonchev–Trinajstić information content (AvgIpc) is 3.21. The Morgan fingerprint density at radius 1 is 1.20 bits per heavy atom. The number of hydrogen-bond acceptors (Lipinski definition) is 4. The van der Waals surface area contributed by atoms with Crippen LogP contribution in [0.5, 0.6) is 5.75 Å². The fourth-order valence-electron chi connectivity index (χ4n) is 4.73. The van der Waals surface area contributed by atoms with Crippen molar-refractivity contribution in [3.63, 3.8) is 0 Å². The van der Waals surface area contributed by atoms with Crippen LogP contribution in [-0.2, 0) is 0 Å². The predicted octanol–water partition coefficient (Wildman–Crippen LogP) is 5.37. The van der Waals surface area contributed by atoms with E-state index in [9.17, 15) is 0 Å². The van der Waals surface area contributed by atoms with Gasteiger partial charge in [-0.15, -0.1) is 0 Å². The molecule has 0 bridgehead atoms. The first-order chi connectivity index (χ1) is 14.4. The lowest BCUT2D eigenvalue weighted by Crippen LogP contribution is -2.50. The van der Waals surface area contributed by atoms with Crippen LogP contribution in [0.15, 0.2) is 47.4 Å². The van der Waals surface area contributed by atoms with E-state index >= 15 is 0 Å². The summed E-state index contributed by atoms with van der Waals surface area (Å²) >= 11 is 3.58. The molecule has 2 aliphatic rings. The van der Waals surface area contributed by atoms with E-state index in [0.717, 1.165) is 40.6 Å². The van der Waals surface area contributed by atoms with Crippen molar-refractivity contribution in [1.82, 2.24) is 10.2 Å². The van der Waals surface area contributed by atoms with Gasteiger partial charge < -0.3 is 15.0 Å². The van der Waals surface area contributed by atoms with Crippen molar-refractivity contribution in [2.75, 3.05) is 38.2 Å². The summed E-state index contributed by atoms with van der Waals surface area (Å²) in [6, 6.07) is 13.8. The van der Waals surface area contributed by atoms with Gasteiger partial charge in [0.15, 0.2) is 0 Å². The van der Waals surface area contributed by atoms with Crippen molar-refractivity contribution < 1.29 is 4.74 Å². The van der Waals surface area contributed by atoms with E-state index in [0.29, 0.717) is 0 Å². The largest absolute Gasteiger partial charge is 0.497 e. The number of benzene rings is 2. The molecule has 2 aromatic carbocycles. The van der Waals surface area contributed by atoms with E-state index in [1.807, 2.05) is 6.07 Å². The molecule has 1 N–H and O–H groups in total. The van der Waals surface area contributed by atoms with Gasteiger partial charge in [-0.3, -0.25) is 4.90 Å². The minimum Gasteiger partial charge on any atom is -0.497 e. The van der Waals surface area contributed by atoms with Gasteiger partial charge in [-0.1, -0.05) is 28.6 Å². The zero-order chi connectivity index (χ0) is 21.3. The highest BCUT2D eigenvalue weighted by Gasteiger charge is 2.30. The lowest BCUT2D eigenvalue weighted by Gasteiger charge is -2.39. The van der Waals surface area contributed by atoms with Crippen molar-refractivity contribution in [2.45, 2.75) is 38.8 Å². The van der Waals surface area contributed by atoms with Gasteiger partial charge in [-0.25, -0.2) is 0 Å². The second-order valence-electron chi connectivity index (χ2n) is 8.55. The van der Waals surface area contributed by atoms with E-state index in [1.165, 1.54) is 42.7 Å². The Bertz CT molecular complexity index is 929. The van der Waals surface area contributed by atoms with Crippen LogP contribution in [0, 0.1) is 6.92 Å². The lowest BCUT2D eigenvalue weighted by atomic mass is 10.0. The number of ether oxygens (including phenoxy) is 1. The van der Waals surface area contributed by atoms with E-state index in [2.05, 4.69) is 81.8 Å². The third-order valence-corrected chi connectivity index (χ3v) is 6.98. The van der Waals surface area contributed by atoms with Crippen LogP contribution < -0.4 is 15.0 Å². The molecule has 30 heavy (non-hydrogen) atoms. The summed E-state index contributed by atoms with van der Waals surface area (Å²) in [6.45, 7) is 13.4. The molecule has 0 spiro atoms.